The van der Waals surface area contributed by atoms with Crippen LogP contribution in [0, 0.1) is 23.2 Å². The van der Waals surface area contributed by atoms with Gasteiger partial charge in [0, 0.05) is 48.6 Å². The molecule has 61 heavy (non-hydrogen) atoms. The van der Waals surface area contributed by atoms with Gasteiger partial charge in [0.25, 0.3) is 5.91 Å². The first kappa shape index (κ1) is 41.6. The molecule has 13 nitrogen and oxygen atoms in total. The minimum Gasteiger partial charge on any atom is -0.476 e. The maximum atomic E-state index is 13.7. The van der Waals surface area contributed by atoms with Crippen molar-refractivity contribution >= 4 is 44.4 Å². The van der Waals surface area contributed by atoms with Gasteiger partial charge < -0.3 is 29.5 Å². The highest BCUT2D eigenvalue weighted by molar-refractivity contribution is 7.22. The minimum atomic E-state index is -1.09. The third kappa shape index (κ3) is 8.45. The fraction of sp³-hybridized carbons (Fsp3) is 0.511. The Kier molecular flexibility index (Phi) is 11.3. The van der Waals surface area contributed by atoms with Crippen molar-refractivity contribution in [2.45, 2.75) is 84.4 Å². The van der Waals surface area contributed by atoms with Gasteiger partial charge in [0.1, 0.15) is 5.82 Å². The van der Waals surface area contributed by atoms with E-state index < -0.39 is 5.97 Å². The zero-order chi connectivity index (χ0) is 42.4. The molecule has 2 atom stereocenters. The van der Waals surface area contributed by atoms with Crippen molar-refractivity contribution < 1.29 is 28.9 Å². The molecule has 0 spiro atoms. The van der Waals surface area contributed by atoms with E-state index in [1.54, 1.807) is 0 Å². The molecule has 322 valence electrons. The lowest BCUT2D eigenvalue weighted by molar-refractivity contribution is -0.250. The zero-order valence-electron chi connectivity index (χ0n) is 35.7. The van der Waals surface area contributed by atoms with Crippen molar-refractivity contribution in [2.24, 2.45) is 16.2 Å². The predicted octanol–water partition coefficient (Wildman–Crippen LogP) is 7.76. The molecule has 5 aromatic rings. The van der Waals surface area contributed by atoms with E-state index in [1.807, 2.05) is 68.7 Å². The van der Waals surface area contributed by atoms with Crippen LogP contribution in [0.25, 0.3) is 21.3 Å². The number of ether oxygens (including phenoxy) is 3. The number of para-hydroxylation sites is 1. The molecule has 2 unspecified atom stereocenters. The van der Waals surface area contributed by atoms with E-state index in [0.717, 1.165) is 77.8 Å². The summed E-state index contributed by atoms with van der Waals surface area (Å²) < 4.78 is 21.4. The van der Waals surface area contributed by atoms with Crippen molar-refractivity contribution in [3.63, 3.8) is 0 Å². The Balaban J connectivity index is 0.903. The second kappa shape index (κ2) is 16.5. The van der Waals surface area contributed by atoms with Gasteiger partial charge >= 0.3 is 5.97 Å². The lowest BCUT2D eigenvalue weighted by Crippen LogP contribution is -2.64. The number of nitrogens with one attached hydrogen (secondary N) is 2. The van der Waals surface area contributed by atoms with Crippen LogP contribution < -0.4 is 15.5 Å². The summed E-state index contributed by atoms with van der Waals surface area (Å²) in [5.74, 6) is -0.757. The van der Waals surface area contributed by atoms with Crippen molar-refractivity contribution in [1.29, 1.82) is 0 Å². The van der Waals surface area contributed by atoms with Gasteiger partial charge in [-0.25, -0.2) is 14.8 Å². The highest BCUT2D eigenvalue weighted by Crippen LogP contribution is 2.72. The highest BCUT2D eigenvalue weighted by Gasteiger charge is 2.66. The summed E-state index contributed by atoms with van der Waals surface area (Å²) >= 11 is 1.44. The summed E-state index contributed by atoms with van der Waals surface area (Å²) in [6.07, 6.45) is 9.06. The number of carbonyl (C=O) groups is 2. The van der Waals surface area contributed by atoms with E-state index in [-0.39, 0.29) is 33.4 Å². The van der Waals surface area contributed by atoms with Gasteiger partial charge in [0.2, 0.25) is 0 Å². The number of nitrogens with zero attached hydrogens (tertiary/aromatic N) is 5. The predicted molar refractivity (Wildman–Crippen MR) is 237 cm³/mol. The van der Waals surface area contributed by atoms with Crippen molar-refractivity contribution in [3.05, 3.63) is 88.9 Å². The van der Waals surface area contributed by atoms with Crippen LogP contribution in [0.1, 0.15) is 90.0 Å². The smallest absolute Gasteiger partial charge is 0.355 e. The van der Waals surface area contributed by atoms with Crippen LogP contribution in [0.15, 0.2) is 60.8 Å². The highest BCUT2D eigenvalue weighted by atomic mass is 32.1. The fourth-order valence-corrected chi connectivity index (χ4v) is 13.1. The summed E-state index contributed by atoms with van der Waals surface area (Å²) in [6.45, 7) is 12.5. The van der Waals surface area contributed by atoms with Crippen LogP contribution in [0.3, 0.4) is 0 Å². The molecule has 0 saturated heterocycles. The number of benzene rings is 2. The molecular formula is C47H57N7O6S. The number of carboxylic acid groups (broad SMARTS) is 1. The number of aromatic nitrogens is 4. The van der Waals surface area contributed by atoms with E-state index in [1.165, 1.54) is 17.8 Å². The van der Waals surface area contributed by atoms with E-state index in [0.29, 0.717) is 74.6 Å². The Morgan fingerprint density at radius 1 is 0.869 bits per heavy atom. The summed E-state index contributed by atoms with van der Waals surface area (Å²) in [6, 6.07) is 17.4. The third-order valence-corrected chi connectivity index (χ3v) is 14.4. The van der Waals surface area contributed by atoms with Crippen LogP contribution in [-0.2, 0) is 33.7 Å². The average Bonchev–Trinajstić information content (AvgIpc) is 3.79. The molecule has 5 aliphatic rings. The second-order valence-electron chi connectivity index (χ2n) is 18.8. The number of carbonyl (C=O) groups excluding carboxylic acids is 1. The molecule has 1 aliphatic heterocycles. The number of rotatable bonds is 17. The molecule has 4 heterocycles. The SMILES string of the molecule is CNCCOCCOCCOC12CC3(C)CC(C)(CC(Cn4ncc(-c5ccc(N6CCc7cccc(C(=O)Nc8nc9ccccc9s8)c7C6)nc5C(=O)O)c4C)(C3)C1)C2. The number of anilines is 2. The molecule has 0 radical (unpaired) electrons. The molecule has 4 saturated carbocycles. The monoisotopic (exact) mass is 847 g/mol. The number of aromatic carboxylic acids is 1. The quantitative estimate of drug-likeness (QED) is 0.0788. The Hall–Kier alpha value is -4.73. The lowest BCUT2D eigenvalue weighted by atomic mass is 9.39. The average molecular weight is 848 g/mol. The first-order valence-electron chi connectivity index (χ1n) is 21.6. The first-order valence-corrected chi connectivity index (χ1v) is 22.4. The number of fused-ring (bicyclic) bond motifs is 2. The van der Waals surface area contributed by atoms with Gasteiger partial charge in [0.15, 0.2) is 10.8 Å². The molecule has 14 heteroatoms. The molecule has 4 bridgehead atoms. The molecule has 1 amide bonds. The number of carboxylic acids is 1. The van der Waals surface area contributed by atoms with Crippen LogP contribution in [0.4, 0.5) is 10.9 Å². The standard InChI is InChI=1S/C47H57N7O6S/c1-31-35(22-49-54(31)30-46-25-44(2)24-45(3,26-46)28-47(27-44,29-46)60-21-20-59-19-18-58-17-15-48-4)33-12-13-39(51-40(33)42(56)57)53-16-14-32-8-7-9-34(36(32)23-53)41(55)52-43-50-37-10-5-6-11-38(37)61-43/h5-13,22,48H,14-21,23-30H2,1-4H3,(H,56,57)(H,50,52,55). The second-order valence-corrected chi connectivity index (χ2v) is 19.8. The number of likely N-dealkylation sites (N-methyl/N-ethyl adjacent to an activating group) is 1. The number of pyridine rings is 1. The summed E-state index contributed by atoms with van der Waals surface area (Å²) in [7, 11) is 1.91. The Morgan fingerprint density at radius 2 is 1.64 bits per heavy atom. The van der Waals surface area contributed by atoms with Crippen molar-refractivity contribution in [3.8, 4) is 11.1 Å². The number of hydrogen-bond acceptors (Lipinski definition) is 11. The van der Waals surface area contributed by atoms with Crippen LogP contribution in [0.5, 0.6) is 0 Å². The topological polar surface area (TPSA) is 153 Å². The zero-order valence-corrected chi connectivity index (χ0v) is 36.5. The largest absolute Gasteiger partial charge is 0.476 e. The number of thiazole rings is 1. The van der Waals surface area contributed by atoms with E-state index >= 15 is 0 Å². The van der Waals surface area contributed by atoms with E-state index in [4.69, 9.17) is 24.3 Å². The van der Waals surface area contributed by atoms with Gasteiger partial charge in [-0.05, 0) is 117 Å². The van der Waals surface area contributed by atoms with Crippen LogP contribution in [-0.4, -0.2) is 95.5 Å². The molecule has 4 fully saturated rings. The fourth-order valence-electron chi connectivity index (χ4n) is 12.2. The number of hydrogen-bond donors (Lipinski definition) is 3. The van der Waals surface area contributed by atoms with Gasteiger partial charge in [-0.1, -0.05) is 49.4 Å². The van der Waals surface area contributed by atoms with Gasteiger partial charge in [-0.2, -0.15) is 5.10 Å². The molecule has 3 N–H and O–H groups in total. The summed E-state index contributed by atoms with van der Waals surface area (Å²) in [5.41, 5.74) is 5.84. The van der Waals surface area contributed by atoms with Crippen LogP contribution in [0.2, 0.25) is 0 Å². The van der Waals surface area contributed by atoms with Crippen LogP contribution >= 0.6 is 11.3 Å². The summed E-state index contributed by atoms with van der Waals surface area (Å²) in [5, 5.41) is 22.1. The van der Waals surface area contributed by atoms with E-state index in [2.05, 4.69) is 45.1 Å². The van der Waals surface area contributed by atoms with Gasteiger partial charge in [-0.15, -0.1) is 0 Å². The first-order chi connectivity index (χ1) is 29.4. The molecule has 2 aromatic carbocycles. The maximum absolute atomic E-state index is 13.7. The normalized spacial score (nSPS) is 25.3. The third-order valence-electron chi connectivity index (χ3n) is 13.5. The van der Waals surface area contributed by atoms with E-state index in [9.17, 15) is 14.7 Å². The summed E-state index contributed by atoms with van der Waals surface area (Å²) in [4.78, 5) is 38.0. The Bertz CT molecular complexity index is 2400. The van der Waals surface area contributed by atoms with Crippen molar-refractivity contribution in [2.75, 3.05) is 63.4 Å². The van der Waals surface area contributed by atoms with Gasteiger partial charge in [-0.3, -0.25) is 14.8 Å². The lowest BCUT2D eigenvalue weighted by Gasteiger charge is -2.69. The van der Waals surface area contributed by atoms with Gasteiger partial charge in [0.05, 0.1) is 55.0 Å². The minimum absolute atomic E-state index is 0.0123. The van der Waals surface area contributed by atoms with Crippen molar-refractivity contribution in [1.82, 2.24) is 25.1 Å². The molecule has 3 aromatic heterocycles. The maximum Gasteiger partial charge on any atom is 0.355 e. The molecule has 10 rings (SSSR count). The molecular weight excluding hydrogens is 791 g/mol. The molecule has 4 aliphatic carbocycles. The Labute approximate surface area is 361 Å². The number of amides is 1. The Morgan fingerprint density at radius 3 is 2.41 bits per heavy atom.